The van der Waals surface area contributed by atoms with E-state index in [0.717, 1.165) is 22.3 Å². The van der Waals surface area contributed by atoms with Gasteiger partial charge in [0, 0.05) is 25.6 Å². The monoisotopic (exact) mass is 535 g/mol. The van der Waals surface area contributed by atoms with Gasteiger partial charge in [0.05, 0.1) is 0 Å². The lowest BCUT2D eigenvalue weighted by Gasteiger charge is -2.33. The van der Waals surface area contributed by atoms with Gasteiger partial charge in [-0.25, -0.2) is 5.14 Å². The van der Waals surface area contributed by atoms with Crippen molar-refractivity contribution in [3.05, 3.63) is 107 Å². The van der Waals surface area contributed by atoms with Gasteiger partial charge >= 0.3 is 0 Å². The molecule has 0 aliphatic carbocycles. The smallest absolute Gasteiger partial charge is 0.275 e. The fourth-order valence-electron chi connectivity index (χ4n) is 4.92. The van der Waals surface area contributed by atoms with Gasteiger partial charge in [0.2, 0.25) is 11.8 Å². The number of amides is 2. The van der Waals surface area contributed by atoms with Gasteiger partial charge in [-0.3, -0.25) is 9.59 Å². The zero-order valence-electron chi connectivity index (χ0n) is 21.0. The zero-order valence-corrected chi connectivity index (χ0v) is 21.8. The molecule has 3 aromatic carbocycles. The van der Waals surface area contributed by atoms with Gasteiger partial charge in [-0.1, -0.05) is 84.9 Å². The van der Waals surface area contributed by atoms with Crippen LogP contribution in [0.2, 0.25) is 0 Å². The third kappa shape index (κ3) is 6.84. The molecule has 0 bridgehead atoms. The molecule has 200 valence electrons. The highest BCUT2D eigenvalue weighted by molar-refractivity contribution is 7.87. The van der Waals surface area contributed by atoms with E-state index in [1.807, 2.05) is 84.9 Å². The Hall–Kier alpha value is -3.57. The Morgan fingerprint density at radius 1 is 0.895 bits per heavy atom. The fourth-order valence-corrected chi connectivity index (χ4v) is 5.51. The van der Waals surface area contributed by atoms with Crippen molar-refractivity contribution >= 4 is 22.0 Å². The van der Waals surface area contributed by atoms with Crippen molar-refractivity contribution in [3.63, 3.8) is 0 Å². The van der Waals surface area contributed by atoms with E-state index in [9.17, 15) is 18.0 Å². The summed E-state index contributed by atoms with van der Waals surface area (Å²) in [6.07, 6.45) is 1.10. The molecule has 0 aromatic heterocycles. The topological polar surface area (TPSA) is 148 Å². The zero-order chi connectivity index (χ0) is 27.1. The first-order chi connectivity index (χ1) is 18.3. The molecule has 1 aliphatic rings. The van der Waals surface area contributed by atoms with E-state index in [-0.39, 0.29) is 5.91 Å². The number of benzene rings is 3. The lowest BCUT2D eigenvalue weighted by atomic mass is 9.84. The summed E-state index contributed by atoms with van der Waals surface area (Å²) >= 11 is 0. The van der Waals surface area contributed by atoms with Crippen LogP contribution in [-0.2, 0) is 32.9 Å². The van der Waals surface area contributed by atoms with Crippen LogP contribution < -0.4 is 20.9 Å². The van der Waals surface area contributed by atoms with Crippen molar-refractivity contribution < 1.29 is 18.0 Å². The van der Waals surface area contributed by atoms with E-state index in [0.29, 0.717) is 32.5 Å². The fraction of sp³-hybridized carbons (Fsp3) is 0.286. The van der Waals surface area contributed by atoms with E-state index >= 15 is 0 Å². The van der Waals surface area contributed by atoms with Gasteiger partial charge in [-0.15, -0.1) is 0 Å². The number of nitrogens with zero attached hydrogens (tertiary/aromatic N) is 1. The van der Waals surface area contributed by atoms with Gasteiger partial charge in [0.25, 0.3) is 10.2 Å². The SMILES string of the molecule is NCc1ccc(CNC(=O)C2CCCN2C(=O)C(NS(N)(=O)=O)C(c2ccccc2)c2ccccc2)cc1. The van der Waals surface area contributed by atoms with Crippen molar-refractivity contribution in [1.82, 2.24) is 14.9 Å². The molecule has 0 spiro atoms. The number of hydrogen-bond donors (Lipinski definition) is 4. The Balaban J connectivity index is 1.60. The highest BCUT2D eigenvalue weighted by Crippen LogP contribution is 2.31. The normalized spacial score (nSPS) is 16.4. The molecule has 4 rings (SSSR count). The van der Waals surface area contributed by atoms with Crippen LogP contribution in [0, 0.1) is 0 Å². The summed E-state index contributed by atoms with van der Waals surface area (Å²) in [6, 6.07) is 24.0. The Morgan fingerprint density at radius 2 is 1.45 bits per heavy atom. The molecule has 2 unspecified atom stereocenters. The molecule has 1 fully saturated rings. The van der Waals surface area contributed by atoms with Crippen LogP contribution in [0.5, 0.6) is 0 Å². The number of hydrogen-bond acceptors (Lipinski definition) is 5. The summed E-state index contributed by atoms with van der Waals surface area (Å²) in [4.78, 5) is 28.7. The lowest BCUT2D eigenvalue weighted by molar-refractivity contribution is -0.140. The second-order valence-electron chi connectivity index (χ2n) is 9.37. The van der Waals surface area contributed by atoms with Crippen molar-refractivity contribution in [2.75, 3.05) is 6.54 Å². The van der Waals surface area contributed by atoms with Crippen molar-refractivity contribution in [2.24, 2.45) is 10.9 Å². The summed E-state index contributed by atoms with van der Waals surface area (Å²) in [5.41, 5.74) is 9.04. The minimum absolute atomic E-state index is 0.288. The average Bonchev–Trinajstić information content (AvgIpc) is 3.42. The standard InChI is InChI=1S/C28H33N5O4S/c29-18-20-13-15-21(16-14-20)19-31-27(34)24-12-7-17-33(24)28(35)26(32-38(30,36)37)25(22-8-3-1-4-9-22)23-10-5-2-6-11-23/h1-6,8-11,13-16,24-26,32H,7,12,17-19,29H2,(H,31,34)(H2,30,36,37). The van der Waals surface area contributed by atoms with Crippen LogP contribution in [0.15, 0.2) is 84.9 Å². The van der Waals surface area contributed by atoms with Crippen LogP contribution >= 0.6 is 0 Å². The molecule has 3 aromatic rings. The second-order valence-corrected chi connectivity index (χ2v) is 10.7. The van der Waals surface area contributed by atoms with Gasteiger partial charge in [0.15, 0.2) is 0 Å². The molecule has 2 amide bonds. The summed E-state index contributed by atoms with van der Waals surface area (Å²) in [5.74, 6) is -1.45. The average molecular weight is 536 g/mol. The van der Waals surface area contributed by atoms with Crippen LogP contribution in [0.4, 0.5) is 0 Å². The first-order valence-electron chi connectivity index (χ1n) is 12.5. The molecule has 6 N–H and O–H groups in total. The quantitative estimate of drug-likeness (QED) is 0.312. The van der Waals surface area contributed by atoms with Crippen molar-refractivity contribution in [1.29, 1.82) is 0 Å². The van der Waals surface area contributed by atoms with Gasteiger partial charge in [0.1, 0.15) is 12.1 Å². The van der Waals surface area contributed by atoms with Gasteiger partial charge in [-0.05, 0) is 35.1 Å². The van der Waals surface area contributed by atoms with Gasteiger partial charge < -0.3 is 16.0 Å². The predicted octanol–water partition coefficient (Wildman–Crippen LogP) is 1.75. The Kier molecular flexibility index (Phi) is 8.90. The Bertz CT molecular complexity index is 1300. The van der Waals surface area contributed by atoms with Crippen LogP contribution in [-0.4, -0.2) is 43.8 Å². The third-order valence-electron chi connectivity index (χ3n) is 6.77. The first kappa shape index (κ1) is 27.5. The van der Waals surface area contributed by atoms with Crippen LogP contribution in [0.3, 0.4) is 0 Å². The number of likely N-dealkylation sites (tertiary alicyclic amines) is 1. The number of nitrogens with one attached hydrogen (secondary N) is 2. The number of carbonyl (C=O) groups excluding carboxylic acids is 2. The predicted molar refractivity (Wildman–Crippen MR) is 146 cm³/mol. The number of rotatable bonds is 10. The highest BCUT2D eigenvalue weighted by atomic mass is 32.2. The molecular formula is C28H33N5O4S. The molecule has 1 aliphatic heterocycles. The summed E-state index contributed by atoms with van der Waals surface area (Å²) in [5, 5.41) is 8.31. The molecule has 9 nitrogen and oxygen atoms in total. The van der Waals surface area contributed by atoms with Gasteiger partial charge in [-0.2, -0.15) is 13.1 Å². The maximum atomic E-state index is 14.0. The van der Waals surface area contributed by atoms with E-state index in [1.54, 1.807) is 0 Å². The summed E-state index contributed by atoms with van der Waals surface area (Å²) in [7, 11) is -4.26. The molecule has 2 atom stereocenters. The number of carbonyl (C=O) groups is 2. The molecule has 1 heterocycles. The van der Waals surface area contributed by atoms with E-state index in [4.69, 9.17) is 10.9 Å². The molecule has 0 saturated carbocycles. The van der Waals surface area contributed by atoms with Crippen molar-refractivity contribution in [2.45, 2.75) is 43.9 Å². The lowest BCUT2D eigenvalue weighted by Crippen LogP contribution is -2.56. The first-order valence-corrected chi connectivity index (χ1v) is 14.1. The Morgan fingerprint density at radius 3 is 1.97 bits per heavy atom. The van der Waals surface area contributed by atoms with E-state index in [2.05, 4.69) is 10.0 Å². The van der Waals surface area contributed by atoms with Crippen molar-refractivity contribution in [3.8, 4) is 0 Å². The molecule has 1 saturated heterocycles. The maximum Gasteiger partial charge on any atom is 0.275 e. The minimum atomic E-state index is -4.26. The second kappa shape index (κ2) is 12.3. The maximum absolute atomic E-state index is 14.0. The summed E-state index contributed by atoms with van der Waals surface area (Å²) < 4.78 is 26.9. The molecule has 0 radical (unpaired) electrons. The third-order valence-corrected chi connectivity index (χ3v) is 7.35. The van der Waals surface area contributed by atoms with Crippen LogP contribution in [0.1, 0.15) is 41.0 Å². The minimum Gasteiger partial charge on any atom is -0.350 e. The molecular weight excluding hydrogens is 502 g/mol. The molecule has 38 heavy (non-hydrogen) atoms. The number of nitrogens with two attached hydrogens (primary N) is 2. The highest BCUT2D eigenvalue weighted by Gasteiger charge is 2.41. The van der Waals surface area contributed by atoms with Crippen LogP contribution in [0.25, 0.3) is 0 Å². The van der Waals surface area contributed by atoms with E-state index < -0.39 is 34.1 Å². The Labute approximate surface area is 223 Å². The van der Waals surface area contributed by atoms with E-state index in [1.165, 1.54) is 4.90 Å². The summed E-state index contributed by atoms with van der Waals surface area (Å²) in [6.45, 7) is 1.07. The largest absolute Gasteiger partial charge is 0.350 e. The molecule has 10 heteroatoms.